The Hall–Kier alpha value is -2.15. The van der Waals surface area contributed by atoms with E-state index in [2.05, 4.69) is 15.5 Å². The predicted octanol–water partition coefficient (Wildman–Crippen LogP) is -0.504. The Labute approximate surface area is 111 Å². The summed E-state index contributed by atoms with van der Waals surface area (Å²) in [6, 6.07) is 3.42. The zero-order valence-corrected chi connectivity index (χ0v) is 10.7. The van der Waals surface area contributed by atoms with Crippen molar-refractivity contribution in [2.75, 3.05) is 13.6 Å². The van der Waals surface area contributed by atoms with E-state index in [1.165, 1.54) is 0 Å². The normalized spacial score (nSPS) is 20.1. The van der Waals surface area contributed by atoms with Crippen molar-refractivity contribution < 1.29 is 10.0 Å². The van der Waals surface area contributed by atoms with Crippen LogP contribution in [0.2, 0.25) is 0 Å². The van der Waals surface area contributed by atoms with E-state index in [4.69, 9.17) is 10.9 Å². The Bertz CT molecular complexity index is 503. The molecule has 1 aliphatic rings. The van der Waals surface area contributed by atoms with Gasteiger partial charge in [0, 0.05) is 26.3 Å². The van der Waals surface area contributed by atoms with Gasteiger partial charge in [-0.3, -0.25) is 9.78 Å². The maximum Gasteiger partial charge on any atom is 0.239 e. The van der Waals surface area contributed by atoms with Crippen LogP contribution < -0.4 is 11.1 Å². The Morgan fingerprint density at radius 2 is 2.53 bits per heavy atom. The highest BCUT2D eigenvalue weighted by Crippen LogP contribution is 2.10. The fraction of sp³-hybridized carbons (Fsp3) is 0.417. The summed E-state index contributed by atoms with van der Waals surface area (Å²) in [5, 5.41) is 14.7. The highest BCUT2D eigenvalue weighted by atomic mass is 16.4. The number of nitrogens with two attached hydrogens (primary N) is 1. The molecule has 1 saturated heterocycles. The van der Waals surface area contributed by atoms with E-state index >= 15 is 0 Å². The number of carbonyl (C=O) groups excluding carboxylic acids is 1. The van der Waals surface area contributed by atoms with Gasteiger partial charge in [-0.05, 0) is 24.1 Å². The zero-order chi connectivity index (χ0) is 13.8. The molecule has 0 aromatic carbocycles. The summed E-state index contributed by atoms with van der Waals surface area (Å²) < 4.78 is 0. The summed E-state index contributed by atoms with van der Waals surface area (Å²) in [5.41, 5.74) is 6.82. The molecule has 0 saturated carbocycles. The first-order valence-corrected chi connectivity index (χ1v) is 6.03. The largest absolute Gasteiger partial charge is 0.409 e. The second-order valence-corrected chi connectivity index (χ2v) is 4.52. The molecule has 2 heterocycles. The van der Waals surface area contributed by atoms with E-state index in [0.717, 1.165) is 18.5 Å². The van der Waals surface area contributed by atoms with E-state index in [0.29, 0.717) is 12.2 Å². The number of nitrogens with zero attached hydrogens (tertiary/aromatic N) is 3. The molecule has 1 aromatic heterocycles. The molecule has 102 valence electrons. The molecule has 1 amide bonds. The fourth-order valence-electron chi connectivity index (χ4n) is 2.03. The molecule has 2 rings (SSSR count). The number of likely N-dealkylation sites (N-methyl/N-ethyl adjacent to an activating group) is 1. The topological polar surface area (TPSA) is 104 Å². The quantitative estimate of drug-likeness (QED) is 0.294. The first-order chi connectivity index (χ1) is 9.11. The van der Waals surface area contributed by atoms with Crippen LogP contribution >= 0.6 is 0 Å². The summed E-state index contributed by atoms with van der Waals surface area (Å²) in [5.74, 6) is 0.0873. The second-order valence-electron chi connectivity index (χ2n) is 4.52. The first-order valence-electron chi connectivity index (χ1n) is 6.03. The molecule has 1 unspecified atom stereocenters. The van der Waals surface area contributed by atoms with Crippen molar-refractivity contribution in [2.24, 2.45) is 10.9 Å². The molecule has 1 atom stereocenters. The number of oxime groups is 1. The number of carbonyl (C=O) groups is 1. The van der Waals surface area contributed by atoms with Crippen LogP contribution in [0.3, 0.4) is 0 Å². The van der Waals surface area contributed by atoms with E-state index < -0.39 is 0 Å². The van der Waals surface area contributed by atoms with Crippen LogP contribution in [0.15, 0.2) is 23.5 Å². The minimum Gasteiger partial charge on any atom is -0.409 e. The average Bonchev–Trinajstić information content (AvgIpc) is 2.76. The molecule has 7 heteroatoms. The van der Waals surface area contributed by atoms with Crippen molar-refractivity contribution in [1.82, 2.24) is 15.2 Å². The smallest absolute Gasteiger partial charge is 0.239 e. The van der Waals surface area contributed by atoms with Gasteiger partial charge in [-0.1, -0.05) is 5.16 Å². The van der Waals surface area contributed by atoms with Crippen molar-refractivity contribution in [3.63, 3.8) is 0 Å². The number of amides is 1. The van der Waals surface area contributed by atoms with Crippen molar-refractivity contribution in [3.05, 3.63) is 29.6 Å². The fourth-order valence-corrected chi connectivity index (χ4v) is 2.03. The van der Waals surface area contributed by atoms with Crippen LogP contribution in [0.4, 0.5) is 0 Å². The van der Waals surface area contributed by atoms with Crippen LogP contribution in [0.1, 0.15) is 17.7 Å². The summed E-state index contributed by atoms with van der Waals surface area (Å²) in [6.07, 6.45) is 2.40. The third-order valence-electron chi connectivity index (χ3n) is 3.17. The van der Waals surface area contributed by atoms with Crippen LogP contribution in [-0.2, 0) is 11.3 Å². The van der Waals surface area contributed by atoms with Gasteiger partial charge in [-0.25, -0.2) is 0 Å². The number of pyridine rings is 1. The molecular formula is C12H17N5O2. The molecular weight excluding hydrogens is 246 g/mol. The van der Waals surface area contributed by atoms with E-state index in [-0.39, 0.29) is 17.8 Å². The number of hydrogen-bond donors (Lipinski definition) is 3. The third kappa shape index (κ3) is 3.00. The molecule has 1 fully saturated rings. The predicted molar refractivity (Wildman–Crippen MR) is 69.6 cm³/mol. The lowest BCUT2D eigenvalue weighted by molar-refractivity contribution is -0.128. The van der Waals surface area contributed by atoms with Crippen LogP contribution in [0.5, 0.6) is 0 Å². The van der Waals surface area contributed by atoms with Gasteiger partial charge in [0.1, 0.15) is 5.69 Å². The highest BCUT2D eigenvalue weighted by molar-refractivity contribution is 5.95. The highest BCUT2D eigenvalue weighted by Gasteiger charge is 2.28. The molecule has 1 aromatic rings. The molecule has 0 bridgehead atoms. The van der Waals surface area contributed by atoms with Gasteiger partial charge in [0.25, 0.3) is 0 Å². The molecule has 0 aliphatic carbocycles. The van der Waals surface area contributed by atoms with Crippen molar-refractivity contribution >= 4 is 11.7 Å². The van der Waals surface area contributed by atoms with Crippen LogP contribution in [0, 0.1) is 0 Å². The first kappa shape index (κ1) is 13.3. The Kier molecular flexibility index (Phi) is 3.96. The van der Waals surface area contributed by atoms with Gasteiger partial charge in [0.15, 0.2) is 5.84 Å². The summed E-state index contributed by atoms with van der Waals surface area (Å²) in [7, 11) is 1.80. The van der Waals surface area contributed by atoms with Crippen molar-refractivity contribution in [3.8, 4) is 0 Å². The summed E-state index contributed by atoms with van der Waals surface area (Å²) >= 11 is 0. The van der Waals surface area contributed by atoms with Gasteiger partial charge < -0.3 is 21.2 Å². The molecule has 0 spiro atoms. The van der Waals surface area contributed by atoms with Crippen molar-refractivity contribution in [1.29, 1.82) is 0 Å². The number of likely N-dealkylation sites (tertiary alicyclic amines) is 1. The number of rotatable bonds is 4. The Balaban J connectivity index is 1.98. The number of hydrogen-bond acceptors (Lipinski definition) is 5. The van der Waals surface area contributed by atoms with Crippen molar-refractivity contribution in [2.45, 2.75) is 19.0 Å². The van der Waals surface area contributed by atoms with E-state index in [1.807, 2.05) is 6.07 Å². The lowest BCUT2D eigenvalue weighted by Crippen LogP contribution is -2.36. The van der Waals surface area contributed by atoms with E-state index in [1.54, 1.807) is 24.2 Å². The Morgan fingerprint density at radius 1 is 1.74 bits per heavy atom. The zero-order valence-electron chi connectivity index (χ0n) is 10.7. The molecule has 19 heavy (non-hydrogen) atoms. The van der Waals surface area contributed by atoms with E-state index in [9.17, 15) is 4.79 Å². The number of nitrogens with one attached hydrogen (secondary N) is 1. The number of amidine groups is 1. The van der Waals surface area contributed by atoms with Gasteiger partial charge in [-0.15, -0.1) is 0 Å². The number of aromatic nitrogens is 1. The minimum atomic E-state index is -0.134. The Morgan fingerprint density at radius 3 is 3.16 bits per heavy atom. The summed E-state index contributed by atoms with van der Waals surface area (Å²) in [4.78, 5) is 17.4. The van der Waals surface area contributed by atoms with Crippen LogP contribution in [0.25, 0.3) is 0 Å². The van der Waals surface area contributed by atoms with Gasteiger partial charge in [0.2, 0.25) is 5.91 Å². The third-order valence-corrected chi connectivity index (χ3v) is 3.17. The minimum absolute atomic E-state index is 0.0291. The second kappa shape index (κ2) is 5.66. The maximum atomic E-state index is 11.7. The molecule has 1 aliphatic heterocycles. The standard InChI is InChI=1S/C12H17N5O2/c1-17-5-3-9(12(17)18)15-7-8-2-4-14-10(6-8)11(13)16-19/h2,4,6,9,15,19H,3,5,7H2,1H3,(H2,13,16). The summed E-state index contributed by atoms with van der Waals surface area (Å²) in [6.45, 7) is 1.32. The SMILES string of the molecule is CN1CCC(NCc2ccnc(/C(N)=N/O)c2)C1=O. The van der Waals surface area contributed by atoms with Gasteiger partial charge >= 0.3 is 0 Å². The molecule has 4 N–H and O–H groups in total. The lowest BCUT2D eigenvalue weighted by atomic mass is 10.2. The maximum absolute atomic E-state index is 11.7. The van der Waals surface area contributed by atoms with Crippen LogP contribution in [-0.4, -0.2) is 46.5 Å². The molecule has 7 nitrogen and oxygen atoms in total. The average molecular weight is 263 g/mol. The molecule has 0 radical (unpaired) electrons. The monoisotopic (exact) mass is 263 g/mol. The van der Waals surface area contributed by atoms with Gasteiger partial charge in [-0.2, -0.15) is 0 Å². The lowest BCUT2D eigenvalue weighted by Gasteiger charge is -2.12. The van der Waals surface area contributed by atoms with Gasteiger partial charge in [0.05, 0.1) is 6.04 Å².